The number of amides is 1. The number of hydrogen-bond donors (Lipinski definition) is 2. The molecule has 1 aromatic rings. The van der Waals surface area contributed by atoms with Gasteiger partial charge in [0.1, 0.15) is 13.2 Å². The van der Waals surface area contributed by atoms with Gasteiger partial charge in [-0.25, -0.2) is 0 Å². The van der Waals surface area contributed by atoms with Crippen LogP contribution in [-0.2, 0) is 16.0 Å². The molecule has 0 atom stereocenters. The fourth-order valence-electron chi connectivity index (χ4n) is 1.57. The molecule has 0 aliphatic carbocycles. The number of rotatable bonds is 7. The Kier molecular flexibility index (Phi) is 6.47. The Morgan fingerprint density at radius 2 is 2.10 bits per heavy atom. The van der Waals surface area contributed by atoms with E-state index in [2.05, 4.69) is 10.1 Å². The summed E-state index contributed by atoms with van der Waals surface area (Å²) in [4.78, 5) is 11.4. The van der Waals surface area contributed by atoms with Crippen molar-refractivity contribution in [3.8, 4) is 0 Å². The van der Waals surface area contributed by atoms with Crippen molar-refractivity contribution in [3.63, 3.8) is 0 Å². The number of hydrogen-bond acceptors (Lipinski definition) is 3. The Bertz CT molecular complexity index is 436. The minimum atomic E-state index is -4.43. The van der Waals surface area contributed by atoms with Crippen LogP contribution in [0.2, 0.25) is 0 Å². The Hall–Kier alpha value is -1.60. The third-order valence-electron chi connectivity index (χ3n) is 2.38. The number of benzene rings is 1. The van der Waals surface area contributed by atoms with Crippen molar-refractivity contribution in [3.05, 3.63) is 29.8 Å². The normalized spacial score (nSPS) is 11.4. The highest BCUT2D eigenvalue weighted by atomic mass is 19.4. The molecule has 7 heteroatoms. The van der Waals surface area contributed by atoms with Crippen molar-refractivity contribution in [1.29, 1.82) is 0 Å². The molecule has 0 saturated carbocycles. The maximum Gasteiger partial charge on any atom is 0.411 e. The van der Waals surface area contributed by atoms with Crippen LogP contribution in [0.5, 0.6) is 0 Å². The van der Waals surface area contributed by atoms with Gasteiger partial charge in [-0.05, 0) is 37.1 Å². The second-order valence-corrected chi connectivity index (χ2v) is 4.25. The molecule has 0 spiro atoms. The standard InChI is InChI=1S/C13H17F3N2O2/c14-13(15,16)9-20-8-12(19)18-11-5-1-3-10(7-11)4-2-6-17/h1,3,5,7H,2,4,6,8-9,17H2,(H,18,19). The molecule has 0 fully saturated rings. The predicted molar refractivity (Wildman–Crippen MR) is 69.3 cm³/mol. The molecule has 0 saturated heterocycles. The summed E-state index contributed by atoms with van der Waals surface area (Å²) < 4.78 is 39.8. The van der Waals surface area contributed by atoms with Crippen LogP contribution in [0.3, 0.4) is 0 Å². The van der Waals surface area contributed by atoms with Gasteiger partial charge in [0.25, 0.3) is 0 Å². The summed E-state index contributed by atoms with van der Waals surface area (Å²) in [5, 5.41) is 2.48. The highest BCUT2D eigenvalue weighted by Crippen LogP contribution is 2.15. The van der Waals surface area contributed by atoms with E-state index in [1.165, 1.54) is 0 Å². The number of alkyl halides is 3. The van der Waals surface area contributed by atoms with E-state index < -0.39 is 25.3 Å². The topological polar surface area (TPSA) is 64.3 Å². The number of aryl methyl sites for hydroxylation is 1. The maximum absolute atomic E-state index is 11.8. The van der Waals surface area contributed by atoms with E-state index in [-0.39, 0.29) is 0 Å². The third kappa shape index (κ3) is 7.10. The molecule has 112 valence electrons. The highest BCUT2D eigenvalue weighted by molar-refractivity contribution is 5.91. The summed E-state index contributed by atoms with van der Waals surface area (Å²) in [6, 6.07) is 7.08. The average molecular weight is 290 g/mol. The van der Waals surface area contributed by atoms with Gasteiger partial charge >= 0.3 is 6.18 Å². The molecule has 1 aromatic carbocycles. The first kappa shape index (κ1) is 16.5. The molecule has 0 aliphatic rings. The van der Waals surface area contributed by atoms with Crippen molar-refractivity contribution < 1.29 is 22.7 Å². The summed E-state index contributed by atoms with van der Waals surface area (Å²) in [6.07, 6.45) is -2.82. The zero-order valence-corrected chi connectivity index (χ0v) is 10.9. The van der Waals surface area contributed by atoms with Crippen molar-refractivity contribution in [2.45, 2.75) is 19.0 Å². The van der Waals surface area contributed by atoms with Crippen LogP contribution in [0.1, 0.15) is 12.0 Å². The van der Waals surface area contributed by atoms with E-state index in [0.717, 1.165) is 18.4 Å². The zero-order chi connectivity index (χ0) is 15.0. The molecule has 0 radical (unpaired) electrons. The lowest BCUT2D eigenvalue weighted by Gasteiger charge is -2.09. The summed E-state index contributed by atoms with van der Waals surface area (Å²) in [5.74, 6) is -0.620. The summed E-state index contributed by atoms with van der Waals surface area (Å²) >= 11 is 0. The predicted octanol–water partition coefficient (Wildman–Crippen LogP) is 2.10. The minimum Gasteiger partial charge on any atom is -0.362 e. The molecule has 4 nitrogen and oxygen atoms in total. The second-order valence-electron chi connectivity index (χ2n) is 4.25. The van der Waals surface area contributed by atoms with Gasteiger partial charge in [-0.2, -0.15) is 13.2 Å². The number of anilines is 1. The average Bonchev–Trinajstić information content (AvgIpc) is 2.35. The first-order chi connectivity index (χ1) is 9.40. The van der Waals surface area contributed by atoms with Crippen molar-refractivity contribution in [2.75, 3.05) is 25.1 Å². The number of nitrogens with one attached hydrogen (secondary N) is 1. The molecule has 20 heavy (non-hydrogen) atoms. The van der Waals surface area contributed by atoms with Crippen LogP contribution in [-0.4, -0.2) is 31.8 Å². The van der Waals surface area contributed by atoms with Crippen LogP contribution < -0.4 is 11.1 Å². The molecule has 0 unspecified atom stereocenters. The molecule has 3 N–H and O–H groups in total. The van der Waals surface area contributed by atoms with Crippen molar-refractivity contribution >= 4 is 11.6 Å². The van der Waals surface area contributed by atoms with Crippen LogP contribution in [0.4, 0.5) is 18.9 Å². The lowest BCUT2D eigenvalue weighted by atomic mass is 10.1. The molecule has 0 bridgehead atoms. The monoisotopic (exact) mass is 290 g/mol. The highest BCUT2D eigenvalue weighted by Gasteiger charge is 2.27. The summed E-state index contributed by atoms with van der Waals surface area (Å²) in [6.45, 7) is -1.49. The van der Waals surface area contributed by atoms with Gasteiger partial charge in [-0.15, -0.1) is 0 Å². The Morgan fingerprint density at radius 3 is 2.75 bits per heavy atom. The fourth-order valence-corrected chi connectivity index (χ4v) is 1.57. The molecule has 1 rings (SSSR count). The van der Waals surface area contributed by atoms with Gasteiger partial charge in [0.15, 0.2) is 0 Å². The van der Waals surface area contributed by atoms with E-state index in [1.807, 2.05) is 6.07 Å². The lowest BCUT2D eigenvalue weighted by molar-refractivity contribution is -0.174. The third-order valence-corrected chi connectivity index (χ3v) is 2.38. The maximum atomic E-state index is 11.8. The Labute approximate surface area is 115 Å². The van der Waals surface area contributed by atoms with Gasteiger partial charge in [-0.3, -0.25) is 4.79 Å². The number of carbonyl (C=O) groups excluding carboxylic acids is 1. The number of nitrogens with two attached hydrogens (primary N) is 1. The first-order valence-corrected chi connectivity index (χ1v) is 6.14. The molecule has 0 heterocycles. The van der Waals surface area contributed by atoms with E-state index in [0.29, 0.717) is 12.2 Å². The number of carbonyl (C=O) groups is 1. The Balaban J connectivity index is 2.41. The van der Waals surface area contributed by atoms with Gasteiger partial charge in [-0.1, -0.05) is 12.1 Å². The van der Waals surface area contributed by atoms with Crippen molar-refractivity contribution in [1.82, 2.24) is 0 Å². The first-order valence-electron chi connectivity index (χ1n) is 6.14. The second kappa shape index (κ2) is 7.86. The lowest BCUT2D eigenvalue weighted by Crippen LogP contribution is -2.24. The van der Waals surface area contributed by atoms with E-state index in [4.69, 9.17) is 5.73 Å². The van der Waals surface area contributed by atoms with E-state index in [1.54, 1.807) is 18.2 Å². The molecular weight excluding hydrogens is 273 g/mol. The van der Waals surface area contributed by atoms with Crippen molar-refractivity contribution in [2.24, 2.45) is 5.73 Å². The van der Waals surface area contributed by atoms with E-state index >= 15 is 0 Å². The van der Waals surface area contributed by atoms with Crippen LogP contribution in [0.25, 0.3) is 0 Å². The van der Waals surface area contributed by atoms with Gasteiger partial charge in [0.05, 0.1) is 0 Å². The summed E-state index contributed by atoms with van der Waals surface area (Å²) in [7, 11) is 0. The van der Waals surface area contributed by atoms with Crippen LogP contribution in [0, 0.1) is 0 Å². The smallest absolute Gasteiger partial charge is 0.362 e. The van der Waals surface area contributed by atoms with Gasteiger partial charge in [0.2, 0.25) is 5.91 Å². The fraction of sp³-hybridized carbons (Fsp3) is 0.462. The molecule has 0 aliphatic heterocycles. The molecular formula is C13H17F3N2O2. The largest absolute Gasteiger partial charge is 0.411 e. The zero-order valence-electron chi connectivity index (χ0n) is 10.9. The molecule has 0 aromatic heterocycles. The number of halogens is 3. The van der Waals surface area contributed by atoms with E-state index in [9.17, 15) is 18.0 Å². The quantitative estimate of drug-likeness (QED) is 0.808. The Morgan fingerprint density at radius 1 is 1.35 bits per heavy atom. The van der Waals surface area contributed by atoms with Crippen LogP contribution >= 0.6 is 0 Å². The SMILES string of the molecule is NCCCc1cccc(NC(=O)COCC(F)(F)F)c1. The van der Waals surface area contributed by atoms with Gasteiger partial charge < -0.3 is 15.8 Å². The number of ether oxygens (including phenoxy) is 1. The summed E-state index contributed by atoms with van der Waals surface area (Å²) in [5.41, 5.74) is 6.94. The molecule has 1 amide bonds. The minimum absolute atomic E-state index is 0.528. The van der Waals surface area contributed by atoms with Gasteiger partial charge in [0, 0.05) is 5.69 Å². The van der Waals surface area contributed by atoms with Crippen LogP contribution in [0.15, 0.2) is 24.3 Å².